The lowest BCUT2D eigenvalue weighted by Crippen LogP contribution is -2.28. The summed E-state index contributed by atoms with van der Waals surface area (Å²) in [5.74, 6) is 0. The summed E-state index contributed by atoms with van der Waals surface area (Å²) in [6, 6.07) is 5.69. The van der Waals surface area contributed by atoms with Gasteiger partial charge in [0.05, 0.1) is 17.8 Å². The number of ether oxygens (including phenoxy) is 1. The largest absolute Gasteiger partial charge is 0.416 e. The molecule has 19 heavy (non-hydrogen) atoms. The first kappa shape index (κ1) is 14.3. The summed E-state index contributed by atoms with van der Waals surface area (Å²) in [4.78, 5) is 0. The van der Waals surface area contributed by atoms with E-state index in [-0.39, 0.29) is 12.2 Å². The van der Waals surface area contributed by atoms with Crippen molar-refractivity contribution in [3.63, 3.8) is 0 Å². The molecule has 0 aromatic heterocycles. The average Bonchev–Trinajstić information content (AvgIpc) is 2.49. The van der Waals surface area contributed by atoms with Gasteiger partial charge in [-0.2, -0.15) is 13.2 Å². The van der Waals surface area contributed by atoms with Gasteiger partial charge in [0.2, 0.25) is 0 Å². The van der Waals surface area contributed by atoms with Crippen molar-refractivity contribution in [3.05, 3.63) is 35.4 Å². The van der Waals surface area contributed by atoms with Crippen LogP contribution in [0.25, 0.3) is 0 Å². The molecular weight excluding hydrogens is 255 g/mol. The lowest BCUT2D eigenvalue weighted by Gasteiger charge is -2.20. The quantitative estimate of drug-likeness (QED) is 0.845. The Morgan fingerprint density at radius 1 is 1.26 bits per heavy atom. The molecule has 2 nitrogen and oxygen atoms in total. The molecule has 3 atom stereocenters. The highest BCUT2D eigenvalue weighted by atomic mass is 19.4. The summed E-state index contributed by atoms with van der Waals surface area (Å²) in [5, 5.41) is 3.28. The topological polar surface area (TPSA) is 21.3 Å². The predicted molar refractivity (Wildman–Crippen MR) is 66.8 cm³/mol. The molecule has 0 saturated carbocycles. The Kier molecular flexibility index (Phi) is 4.16. The number of benzene rings is 1. The summed E-state index contributed by atoms with van der Waals surface area (Å²) in [6.07, 6.45) is -3.76. The first-order valence-corrected chi connectivity index (χ1v) is 6.42. The first-order chi connectivity index (χ1) is 8.86. The van der Waals surface area contributed by atoms with Gasteiger partial charge in [-0.1, -0.05) is 12.1 Å². The van der Waals surface area contributed by atoms with Crippen LogP contribution in [0.15, 0.2) is 24.3 Å². The molecule has 0 aliphatic carbocycles. The Hall–Kier alpha value is -1.07. The van der Waals surface area contributed by atoms with Gasteiger partial charge in [-0.15, -0.1) is 0 Å². The number of nitrogens with one attached hydrogen (secondary N) is 1. The maximum Gasteiger partial charge on any atom is 0.416 e. The maximum absolute atomic E-state index is 12.7. The van der Waals surface area contributed by atoms with Crippen LogP contribution in [-0.2, 0) is 10.9 Å². The zero-order chi connectivity index (χ0) is 14.0. The second-order valence-electron chi connectivity index (χ2n) is 5.10. The number of rotatable bonds is 1. The van der Waals surface area contributed by atoms with E-state index in [0.29, 0.717) is 18.2 Å². The van der Waals surface area contributed by atoms with Crippen LogP contribution in [0, 0.1) is 0 Å². The van der Waals surface area contributed by atoms with Crippen molar-refractivity contribution in [2.45, 2.75) is 44.7 Å². The minimum absolute atomic E-state index is 0.0320. The van der Waals surface area contributed by atoms with Crippen LogP contribution in [0.1, 0.15) is 37.5 Å². The van der Waals surface area contributed by atoms with E-state index in [9.17, 15) is 13.2 Å². The highest BCUT2D eigenvalue weighted by Gasteiger charge is 2.31. The van der Waals surface area contributed by atoms with Crippen LogP contribution in [-0.4, -0.2) is 18.7 Å². The van der Waals surface area contributed by atoms with Gasteiger partial charge < -0.3 is 10.1 Å². The van der Waals surface area contributed by atoms with E-state index in [1.165, 1.54) is 12.1 Å². The van der Waals surface area contributed by atoms with Gasteiger partial charge in [-0.25, -0.2) is 0 Å². The summed E-state index contributed by atoms with van der Waals surface area (Å²) < 4.78 is 43.9. The van der Waals surface area contributed by atoms with Crippen molar-refractivity contribution in [2.75, 3.05) is 6.54 Å². The van der Waals surface area contributed by atoms with E-state index in [4.69, 9.17) is 4.74 Å². The van der Waals surface area contributed by atoms with Gasteiger partial charge >= 0.3 is 6.18 Å². The Balaban J connectivity index is 2.21. The number of alkyl halides is 3. The fraction of sp³-hybridized carbons (Fsp3) is 0.571. The Bertz CT molecular complexity index is 433. The van der Waals surface area contributed by atoms with E-state index in [1.807, 2.05) is 13.8 Å². The van der Waals surface area contributed by atoms with E-state index < -0.39 is 11.7 Å². The van der Waals surface area contributed by atoms with Crippen LogP contribution in [0.3, 0.4) is 0 Å². The lowest BCUT2D eigenvalue weighted by molar-refractivity contribution is -0.137. The molecule has 1 aliphatic rings. The fourth-order valence-electron chi connectivity index (χ4n) is 2.39. The number of hydrogen-bond acceptors (Lipinski definition) is 2. The highest BCUT2D eigenvalue weighted by molar-refractivity contribution is 5.27. The SMILES string of the molecule is CC1CC(C)OC(c2cccc(C(F)(F)F)c2)CN1. The molecule has 1 aromatic carbocycles. The molecule has 3 unspecified atom stereocenters. The molecule has 1 aromatic rings. The molecule has 0 bridgehead atoms. The van der Waals surface area contributed by atoms with Crippen LogP contribution in [0.4, 0.5) is 13.2 Å². The second kappa shape index (κ2) is 5.51. The van der Waals surface area contributed by atoms with Gasteiger partial charge in [-0.05, 0) is 38.0 Å². The van der Waals surface area contributed by atoms with E-state index in [1.54, 1.807) is 6.07 Å². The van der Waals surface area contributed by atoms with Crippen molar-refractivity contribution >= 4 is 0 Å². The fourth-order valence-corrected chi connectivity index (χ4v) is 2.39. The number of hydrogen-bond donors (Lipinski definition) is 1. The number of halogens is 3. The van der Waals surface area contributed by atoms with Crippen LogP contribution < -0.4 is 5.32 Å². The predicted octanol–water partition coefficient (Wildman–Crippen LogP) is 3.53. The lowest BCUT2D eigenvalue weighted by atomic mass is 10.1. The van der Waals surface area contributed by atoms with Gasteiger partial charge in [0, 0.05) is 12.6 Å². The standard InChI is InChI=1S/C14H18F3NO/c1-9-6-10(2)19-13(8-18-9)11-4-3-5-12(7-11)14(15,16)17/h3-5,7,9-10,13,18H,6,8H2,1-2H3. The van der Waals surface area contributed by atoms with Gasteiger partial charge in [0.15, 0.2) is 0 Å². The zero-order valence-corrected chi connectivity index (χ0v) is 11.0. The molecule has 0 spiro atoms. The summed E-state index contributed by atoms with van der Waals surface area (Å²) in [6.45, 7) is 4.53. The van der Waals surface area contributed by atoms with Gasteiger partial charge in [0.25, 0.3) is 0 Å². The molecule has 1 N–H and O–H groups in total. The van der Waals surface area contributed by atoms with Crippen LogP contribution >= 0.6 is 0 Å². The summed E-state index contributed by atoms with van der Waals surface area (Å²) in [7, 11) is 0. The van der Waals surface area contributed by atoms with Gasteiger partial charge in [0.1, 0.15) is 0 Å². The van der Waals surface area contributed by atoms with Crippen LogP contribution in [0.2, 0.25) is 0 Å². The third-order valence-corrected chi connectivity index (χ3v) is 3.32. The minimum Gasteiger partial charge on any atom is -0.369 e. The normalized spacial score (nSPS) is 29.0. The first-order valence-electron chi connectivity index (χ1n) is 6.42. The summed E-state index contributed by atoms with van der Waals surface area (Å²) in [5.41, 5.74) is -0.0539. The van der Waals surface area contributed by atoms with E-state index >= 15 is 0 Å². The zero-order valence-electron chi connectivity index (χ0n) is 11.0. The Morgan fingerprint density at radius 3 is 2.68 bits per heavy atom. The third kappa shape index (κ3) is 3.70. The Labute approximate surface area is 111 Å². The molecule has 1 saturated heterocycles. The molecule has 5 heteroatoms. The molecule has 0 radical (unpaired) electrons. The van der Waals surface area contributed by atoms with Crippen molar-refractivity contribution in [2.24, 2.45) is 0 Å². The molecular formula is C14H18F3NO. The minimum atomic E-state index is -4.31. The van der Waals surface area contributed by atoms with E-state index in [0.717, 1.165) is 12.5 Å². The molecule has 1 fully saturated rings. The third-order valence-electron chi connectivity index (χ3n) is 3.32. The van der Waals surface area contributed by atoms with Crippen molar-refractivity contribution < 1.29 is 17.9 Å². The monoisotopic (exact) mass is 273 g/mol. The molecule has 106 valence electrons. The molecule has 1 heterocycles. The molecule has 2 rings (SSSR count). The van der Waals surface area contributed by atoms with Crippen molar-refractivity contribution in [1.82, 2.24) is 5.32 Å². The van der Waals surface area contributed by atoms with Gasteiger partial charge in [-0.3, -0.25) is 0 Å². The summed E-state index contributed by atoms with van der Waals surface area (Å²) >= 11 is 0. The van der Waals surface area contributed by atoms with Crippen molar-refractivity contribution in [3.8, 4) is 0 Å². The van der Waals surface area contributed by atoms with Crippen LogP contribution in [0.5, 0.6) is 0 Å². The highest BCUT2D eigenvalue weighted by Crippen LogP contribution is 2.32. The maximum atomic E-state index is 12.7. The second-order valence-corrected chi connectivity index (χ2v) is 5.10. The average molecular weight is 273 g/mol. The molecule has 0 amide bonds. The smallest absolute Gasteiger partial charge is 0.369 e. The van der Waals surface area contributed by atoms with E-state index in [2.05, 4.69) is 5.32 Å². The Morgan fingerprint density at radius 2 is 2.00 bits per heavy atom. The van der Waals surface area contributed by atoms with Crippen molar-refractivity contribution in [1.29, 1.82) is 0 Å². The molecule has 1 aliphatic heterocycles.